The van der Waals surface area contributed by atoms with Gasteiger partial charge in [-0.3, -0.25) is 0 Å². The Bertz CT molecular complexity index is 521. The molecule has 0 aliphatic heterocycles. The molecule has 0 aliphatic carbocycles. The monoisotopic (exact) mass is 282 g/mol. The van der Waals surface area contributed by atoms with Gasteiger partial charge in [-0.1, -0.05) is 62.5 Å². The van der Waals surface area contributed by atoms with E-state index in [-0.39, 0.29) is 0 Å². The Kier molecular flexibility index (Phi) is 5.73. The van der Waals surface area contributed by atoms with Crippen LogP contribution in [0.1, 0.15) is 19.8 Å². The maximum Gasteiger partial charge on any atom is 0.219 e. The summed E-state index contributed by atoms with van der Waals surface area (Å²) in [5.74, 6) is 1.90. The molecule has 2 aromatic rings. The van der Waals surface area contributed by atoms with E-state index < -0.39 is 0 Å². The van der Waals surface area contributed by atoms with E-state index in [0.29, 0.717) is 6.71 Å². The Hall–Kier alpha value is -1.90. The summed E-state index contributed by atoms with van der Waals surface area (Å²) in [5, 5.41) is 0. The zero-order valence-electron chi connectivity index (χ0n) is 13.1. The molecule has 0 N–H and O–H groups in total. The van der Waals surface area contributed by atoms with E-state index in [1.807, 2.05) is 24.3 Å². The molecule has 0 aromatic heterocycles. The topological polar surface area (TPSA) is 18.5 Å². The molecular weight excluding hydrogens is 259 g/mol. The lowest BCUT2D eigenvalue weighted by atomic mass is 9.38. The first kappa shape index (κ1) is 15.5. The van der Waals surface area contributed by atoms with Crippen molar-refractivity contribution in [2.24, 2.45) is 0 Å². The highest BCUT2D eigenvalue weighted by Crippen LogP contribution is 2.15. The smallest absolute Gasteiger partial charge is 0.219 e. The SMILES string of the molecule is CCCCB(c1ccccc1OC)c1ccccc1OC. The van der Waals surface area contributed by atoms with Gasteiger partial charge in [-0.15, -0.1) is 0 Å². The van der Waals surface area contributed by atoms with Gasteiger partial charge in [-0.25, -0.2) is 0 Å². The number of methoxy groups -OCH3 is 2. The zero-order valence-corrected chi connectivity index (χ0v) is 13.1. The van der Waals surface area contributed by atoms with Crippen LogP contribution in [0.3, 0.4) is 0 Å². The van der Waals surface area contributed by atoms with Crippen molar-refractivity contribution in [1.29, 1.82) is 0 Å². The molecule has 0 heterocycles. The molecule has 21 heavy (non-hydrogen) atoms. The second-order valence-electron chi connectivity index (χ2n) is 5.18. The first-order chi connectivity index (χ1) is 10.3. The van der Waals surface area contributed by atoms with Gasteiger partial charge in [-0.05, 0) is 23.1 Å². The van der Waals surface area contributed by atoms with Crippen molar-refractivity contribution in [3.05, 3.63) is 48.5 Å². The maximum atomic E-state index is 5.56. The summed E-state index contributed by atoms with van der Waals surface area (Å²) in [6, 6.07) is 16.6. The standard InChI is InChI=1S/C18H23BO2/c1-4-5-14-19(15-10-6-8-12-17(15)20-2)16-11-7-9-13-18(16)21-3/h6-13H,4-5,14H2,1-3H3. The van der Waals surface area contributed by atoms with Crippen LogP contribution in [0.2, 0.25) is 6.32 Å². The Balaban J connectivity index is 2.47. The van der Waals surface area contributed by atoms with Crippen molar-refractivity contribution < 1.29 is 9.47 Å². The summed E-state index contributed by atoms with van der Waals surface area (Å²) in [7, 11) is 3.47. The van der Waals surface area contributed by atoms with Gasteiger partial charge in [0.15, 0.2) is 0 Å². The Labute approximate surface area is 128 Å². The molecule has 0 saturated heterocycles. The van der Waals surface area contributed by atoms with Gasteiger partial charge in [0.2, 0.25) is 6.71 Å². The molecule has 0 saturated carbocycles. The highest BCUT2D eigenvalue weighted by Gasteiger charge is 2.24. The fraction of sp³-hybridized carbons (Fsp3) is 0.333. The molecule has 110 valence electrons. The van der Waals surface area contributed by atoms with E-state index in [4.69, 9.17) is 9.47 Å². The lowest BCUT2D eigenvalue weighted by Crippen LogP contribution is -2.43. The first-order valence-corrected chi connectivity index (χ1v) is 7.57. The molecule has 0 amide bonds. The van der Waals surface area contributed by atoms with Crippen molar-refractivity contribution in [1.82, 2.24) is 0 Å². The van der Waals surface area contributed by atoms with Crippen LogP contribution in [0.25, 0.3) is 0 Å². The van der Waals surface area contributed by atoms with Gasteiger partial charge in [0.1, 0.15) is 11.5 Å². The average molecular weight is 282 g/mol. The third kappa shape index (κ3) is 3.60. The number of rotatable bonds is 7. The third-order valence-corrected chi connectivity index (χ3v) is 3.88. The van der Waals surface area contributed by atoms with Crippen LogP contribution in [0.15, 0.2) is 48.5 Å². The maximum absolute atomic E-state index is 5.56. The predicted molar refractivity (Wildman–Crippen MR) is 90.7 cm³/mol. The van der Waals surface area contributed by atoms with Gasteiger partial charge in [-0.2, -0.15) is 0 Å². The molecule has 0 unspecified atom stereocenters. The largest absolute Gasteiger partial charge is 0.497 e. The van der Waals surface area contributed by atoms with Crippen molar-refractivity contribution in [2.75, 3.05) is 14.2 Å². The predicted octanol–water partition coefficient (Wildman–Crippen LogP) is 3.11. The van der Waals surface area contributed by atoms with E-state index >= 15 is 0 Å². The molecule has 2 nitrogen and oxygen atoms in total. The summed E-state index contributed by atoms with van der Waals surface area (Å²) >= 11 is 0. The van der Waals surface area contributed by atoms with Crippen LogP contribution < -0.4 is 20.4 Å². The second-order valence-corrected chi connectivity index (χ2v) is 5.18. The van der Waals surface area contributed by atoms with Gasteiger partial charge >= 0.3 is 0 Å². The molecule has 3 heteroatoms. The lowest BCUT2D eigenvalue weighted by molar-refractivity contribution is 0.417. The minimum Gasteiger partial charge on any atom is -0.497 e. The van der Waals surface area contributed by atoms with Crippen LogP contribution in [0, 0.1) is 0 Å². The van der Waals surface area contributed by atoms with E-state index in [1.165, 1.54) is 23.8 Å². The molecule has 0 aliphatic rings. The van der Waals surface area contributed by atoms with Crippen LogP contribution in [0.5, 0.6) is 11.5 Å². The molecule has 0 spiro atoms. The Morgan fingerprint density at radius 1 is 0.810 bits per heavy atom. The molecular formula is C18H23BO2. The fourth-order valence-electron chi connectivity index (χ4n) is 2.80. The van der Waals surface area contributed by atoms with Crippen molar-refractivity contribution in [3.63, 3.8) is 0 Å². The Morgan fingerprint density at radius 2 is 1.29 bits per heavy atom. The molecule has 0 radical (unpaired) electrons. The molecule has 2 aromatic carbocycles. The highest BCUT2D eigenvalue weighted by molar-refractivity contribution is 6.86. The van der Waals surface area contributed by atoms with Crippen molar-refractivity contribution >= 4 is 17.6 Å². The van der Waals surface area contributed by atoms with E-state index in [1.54, 1.807) is 14.2 Å². The fourth-order valence-corrected chi connectivity index (χ4v) is 2.80. The normalized spacial score (nSPS) is 10.2. The average Bonchev–Trinajstić information content (AvgIpc) is 2.56. The number of ether oxygens (including phenoxy) is 2. The van der Waals surface area contributed by atoms with Gasteiger partial charge in [0.05, 0.1) is 14.2 Å². The molecule has 2 rings (SSSR count). The summed E-state index contributed by atoms with van der Waals surface area (Å²) in [4.78, 5) is 0. The van der Waals surface area contributed by atoms with Gasteiger partial charge in [0, 0.05) is 0 Å². The van der Waals surface area contributed by atoms with Gasteiger partial charge in [0.25, 0.3) is 0 Å². The van der Waals surface area contributed by atoms with Crippen LogP contribution in [-0.2, 0) is 0 Å². The van der Waals surface area contributed by atoms with E-state index in [9.17, 15) is 0 Å². The number of unbranched alkanes of at least 4 members (excludes halogenated alkanes) is 1. The molecule has 0 fully saturated rings. The van der Waals surface area contributed by atoms with E-state index in [0.717, 1.165) is 17.8 Å². The lowest BCUT2D eigenvalue weighted by Gasteiger charge is -2.19. The number of hydrogen-bond donors (Lipinski definition) is 0. The zero-order chi connectivity index (χ0) is 15.1. The second kappa shape index (κ2) is 7.77. The first-order valence-electron chi connectivity index (χ1n) is 7.57. The molecule has 0 atom stereocenters. The van der Waals surface area contributed by atoms with Crippen LogP contribution in [0.4, 0.5) is 0 Å². The van der Waals surface area contributed by atoms with Gasteiger partial charge < -0.3 is 9.47 Å². The number of hydrogen-bond acceptors (Lipinski definition) is 2. The summed E-state index contributed by atoms with van der Waals surface area (Å²) in [6.45, 7) is 2.53. The summed E-state index contributed by atoms with van der Waals surface area (Å²) in [5.41, 5.74) is 2.47. The quantitative estimate of drug-likeness (QED) is 0.726. The minimum absolute atomic E-state index is 0.303. The van der Waals surface area contributed by atoms with Crippen LogP contribution in [-0.4, -0.2) is 20.9 Å². The van der Waals surface area contributed by atoms with Crippen LogP contribution >= 0.6 is 0 Å². The summed E-state index contributed by atoms with van der Waals surface area (Å²) < 4.78 is 11.1. The van der Waals surface area contributed by atoms with Crippen molar-refractivity contribution in [3.8, 4) is 11.5 Å². The third-order valence-electron chi connectivity index (χ3n) is 3.88. The molecule has 0 bridgehead atoms. The van der Waals surface area contributed by atoms with E-state index in [2.05, 4.69) is 31.2 Å². The Morgan fingerprint density at radius 3 is 1.71 bits per heavy atom. The van der Waals surface area contributed by atoms with Crippen molar-refractivity contribution in [2.45, 2.75) is 26.1 Å². The summed E-state index contributed by atoms with van der Waals surface area (Å²) in [6.07, 6.45) is 3.46. The number of benzene rings is 2. The highest BCUT2D eigenvalue weighted by atomic mass is 16.5. The minimum atomic E-state index is 0.303. The number of para-hydroxylation sites is 2.